The molecular formula is C38H46Br2N10O5. The van der Waals surface area contributed by atoms with Gasteiger partial charge in [-0.2, -0.15) is 0 Å². The van der Waals surface area contributed by atoms with Crippen LogP contribution in [0.3, 0.4) is 0 Å². The van der Waals surface area contributed by atoms with E-state index in [0.29, 0.717) is 84.2 Å². The molecule has 0 spiro atoms. The van der Waals surface area contributed by atoms with Crippen molar-refractivity contribution in [1.82, 2.24) is 39.5 Å². The van der Waals surface area contributed by atoms with Gasteiger partial charge in [-0.15, -0.1) is 0 Å². The summed E-state index contributed by atoms with van der Waals surface area (Å²) in [5.74, 6) is -0.785. The average molecular weight is 883 g/mol. The Morgan fingerprint density at radius 1 is 0.909 bits per heavy atom. The first-order valence-corrected chi connectivity index (χ1v) is 20.4. The fourth-order valence-electron chi connectivity index (χ4n) is 8.30. The lowest BCUT2D eigenvalue weighted by atomic mass is 9.88. The third kappa shape index (κ3) is 8.53. The van der Waals surface area contributed by atoms with E-state index in [2.05, 4.69) is 57.0 Å². The first kappa shape index (κ1) is 38.8. The van der Waals surface area contributed by atoms with E-state index in [1.165, 1.54) is 4.90 Å². The predicted octanol–water partition coefficient (Wildman–Crippen LogP) is 3.61. The lowest BCUT2D eigenvalue weighted by Gasteiger charge is -2.45. The molecule has 0 bridgehead atoms. The number of nitrogens with two attached hydrogens (primary N) is 1. The number of carbonyl (C=O) groups excluding carboxylic acids is 3. The minimum absolute atomic E-state index is 0.00476. The van der Waals surface area contributed by atoms with Crippen LogP contribution in [0, 0.1) is 5.92 Å². The number of urea groups is 1. The van der Waals surface area contributed by atoms with Gasteiger partial charge in [0, 0.05) is 76.0 Å². The zero-order valence-corrected chi connectivity index (χ0v) is 33.6. The van der Waals surface area contributed by atoms with Gasteiger partial charge in [-0.1, -0.05) is 0 Å². The van der Waals surface area contributed by atoms with E-state index in [1.807, 2.05) is 23.1 Å². The molecule has 292 valence electrons. The second-order valence-electron chi connectivity index (χ2n) is 14.6. The Labute approximate surface area is 335 Å². The van der Waals surface area contributed by atoms with Crippen LogP contribution in [-0.2, 0) is 16.0 Å². The first-order chi connectivity index (χ1) is 26.6. The van der Waals surface area contributed by atoms with Crippen LogP contribution in [-0.4, -0.2) is 122 Å². The Hall–Kier alpha value is -4.48. The number of imidazole rings is 1. The van der Waals surface area contributed by atoms with Crippen molar-refractivity contribution in [3.05, 3.63) is 80.0 Å². The maximum atomic E-state index is 15.1. The van der Waals surface area contributed by atoms with Crippen LogP contribution in [0.5, 0.6) is 5.75 Å². The van der Waals surface area contributed by atoms with Gasteiger partial charge in [0.1, 0.15) is 17.8 Å². The zero-order chi connectivity index (χ0) is 38.6. The van der Waals surface area contributed by atoms with Crippen LogP contribution in [0.15, 0.2) is 68.7 Å². The minimum atomic E-state index is -1.18. The number of hydrogen-bond donors (Lipinski definition) is 4. The van der Waals surface area contributed by atoms with Gasteiger partial charge in [-0.05, 0) is 125 Å². The topological polar surface area (TPSA) is 186 Å². The van der Waals surface area contributed by atoms with Crippen molar-refractivity contribution >= 4 is 66.6 Å². The molecule has 5 N–H and O–H groups in total. The Bertz CT molecular complexity index is 2030. The average Bonchev–Trinajstić information content (AvgIpc) is 3.55. The van der Waals surface area contributed by atoms with Crippen LogP contribution < -0.4 is 21.6 Å². The number of nitrogens with one attached hydrogen (secondary N) is 2. The number of hydrogen-bond acceptors (Lipinski definition) is 9. The van der Waals surface area contributed by atoms with Gasteiger partial charge >= 0.3 is 11.7 Å². The fraction of sp³-hybridized carbons (Fsp3) is 0.474. The molecule has 3 saturated heterocycles. The molecule has 0 radical (unpaired) electrons. The standard InChI is InChI=1S/C38H46Br2N10O5/c39-28-20-25(21-29(40)33(28)51)23-31(34(41)52)50(38(55)48-14-7-27(8-15-48)49-30-2-1-9-44-35(30)45-37(49)54)32(22-24-3-10-42-11-4-24)36(53)47-18-16-46(17-19-47)26-5-12-43-13-6-26/h1-2,5-6,9,12-13,20-21,24,27,31-32,42,51H,3-4,7-8,10-11,14-19,22-23H2,(H2,41,52)(H,44,45,54)/t31-,32+/m1/s1. The van der Waals surface area contributed by atoms with E-state index in [-0.39, 0.29) is 35.7 Å². The maximum Gasteiger partial charge on any atom is 0.327 e. The molecule has 6 heterocycles. The Kier molecular flexibility index (Phi) is 12.1. The fourth-order valence-corrected chi connectivity index (χ4v) is 9.58. The molecule has 3 aliphatic heterocycles. The summed E-state index contributed by atoms with van der Waals surface area (Å²) in [5.41, 5.74) is 8.86. The molecule has 0 saturated carbocycles. The highest BCUT2D eigenvalue weighted by molar-refractivity contribution is 9.11. The summed E-state index contributed by atoms with van der Waals surface area (Å²) in [6.45, 7) is 4.32. The number of aromatic hydroxyl groups is 1. The summed E-state index contributed by atoms with van der Waals surface area (Å²) >= 11 is 6.79. The highest BCUT2D eigenvalue weighted by Gasteiger charge is 2.44. The summed E-state index contributed by atoms with van der Waals surface area (Å²) in [5, 5.41) is 13.8. The van der Waals surface area contributed by atoms with Crippen molar-refractivity contribution in [2.75, 3.05) is 57.3 Å². The summed E-state index contributed by atoms with van der Waals surface area (Å²) < 4.78 is 2.54. The zero-order valence-electron chi connectivity index (χ0n) is 30.4. The Morgan fingerprint density at radius 3 is 2.24 bits per heavy atom. The van der Waals surface area contributed by atoms with Crippen LogP contribution >= 0.6 is 31.9 Å². The number of benzene rings is 1. The number of carbonyl (C=O) groups is 3. The van der Waals surface area contributed by atoms with Crippen molar-refractivity contribution in [2.45, 2.75) is 56.7 Å². The second kappa shape index (κ2) is 17.1. The van der Waals surface area contributed by atoms with Crippen molar-refractivity contribution in [1.29, 1.82) is 0 Å². The number of halogens is 2. The summed E-state index contributed by atoms with van der Waals surface area (Å²) in [6, 6.07) is 8.18. The number of rotatable bonds is 10. The largest absolute Gasteiger partial charge is 0.506 e. The third-order valence-corrected chi connectivity index (χ3v) is 12.4. The van der Waals surface area contributed by atoms with Crippen LogP contribution in [0.1, 0.15) is 43.7 Å². The molecule has 0 unspecified atom stereocenters. The van der Waals surface area contributed by atoms with Crippen LogP contribution in [0.4, 0.5) is 10.5 Å². The highest BCUT2D eigenvalue weighted by Crippen LogP contribution is 2.35. The van der Waals surface area contributed by atoms with Crippen LogP contribution in [0.25, 0.3) is 11.2 Å². The SMILES string of the molecule is NC(=O)[C@@H](Cc1cc(Br)c(O)c(Br)c1)N(C(=O)N1CCC(n2c(=O)[nH]c3ncccc32)CC1)[C@@H](CC1CCNCC1)C(=O)N1CCN(c2ccncc2)CC1. The minimum Gasteiger partial charge on any atom is -0.506 e. The Balaban J connectivity index is 1.21. The second-order valence-corrected chi connectivity index (χ2v) is 16.3. The van der Waals surface area contributed by atoms with Crippen molar-refractivity contribution in [3.8, 4) is 5.75 Å². The van der Waals surface area contributed by atoms with E-state index in [0.717, 1.165) is 31.6 Å². The van der Waals surface area contributed by atoms with Gasteiger partial charge in [0.25, 0.3) is 0 Å². The quantitative estimate of drug-likeness (QED) is 0.185. The number of nitrogens with zero attached hydrogens (tertiary/aromatic N) is 7. The lowest BCUT2D eigenvalue weighted by molar-refractivity contribution is -0.139. The molecule has 15 nitrogen and oxygen atoms in total. The molecule has 4 amide bonds. The van der Waals surface area contributed by atoms with Gasteiger partial charge in [0.2, 0.25) is 11.8 Å². The number of aromatic nitrogens is 4. The number of phenols is 1. The molecule has 17 heteroatoms. The number of H-pyrrole nitrogens is 1. The van der Waals surface area contributed by atoms with Gasteiger partial charge < -0.3 is 35.8 Å². The van der Waals surface area contributed by atoms with Crippen molar-refractivity contribution < 1.29 is 19.5 Å². The smallest absolute Gasteiger partial charge is 0.327 e. The summed E-state index contributed by atoms with van der Waals surface area (Å²) in [4.78, 5) is 75.2. The van der Waals surface area contributed by atoms with E-state index in [1.54, 1.807) is 46.3 Å². The van der Waals surface area contributed by atoms with Gasteiger partial charge in [-0.3, -0.25) is 24.1 Å². The number of phenolic OH excluding ortho intramolecular Hbond substituents is 1. The van der Waals surface area contributed by atoms with Crippen molar-refractivity contribution in [2.24, 2.45) is 11.7 Å². The van der Waals surface area contributed by atoms with E-state index < -0.39 is 24.0 Å². The molecular weight excluding hydrogens is 836 g/mol. The van der Waals surface area contributed by atoms with E-state index >= 15 is 4.79 Å². The molecule has 7 rings (SSSR count). The number of primary amides is 1. The summed E-state index contributed by atoms with van der Waals surface area (Å²) in [6.07, 6.45) is 8.19. The predicted molar refractivity (Wildman–Crippen MR) is 215 cm³/mol. The lowest BCUT2D eigenvalue weighted by Crippen LogP contribution is -2.64. The number of piperidine rings is 2. The van der Waals surface area contributed by atoms with E-state index in [4.69, 9.17) is 5.73 Å². The molecule has 3 aromatic heterocycles. The maximum absolute atomic E-state index is 15.1. The summed E-state index contributed by atoms with van der Waals surface area (Å²) in [7, 11) is 0. The number of anilines is 1. The molecule has 4 aromatic rings. The van der Waals surface area contributed by atoms with Gasteiger partial charge in [0.15, 0.2) is 5.65 Å². The number of fused-ring (bicyclic) bond motifs is 1. The molecule has 3 aliphatic rings. The highest BCUT2D eigenvalue weighted by atomic mass is 79.9. The molecule has 0 aliphatic carbocycles. The monoisotopic (exact) mass is 880 g/mol. The first-order valence-electron chi connectivity index (χ1n) is 18.8. The molecule has 55 heavy (non-hydrogen) atoms. The number of piperazine rings is 1. The number of amides is 4. The van der Waals surface area contributed by atoms with Gasteiger partial charge in [0.05, 0.1) is 14.5 Å². The molecule has 3 fully saturated rings. The number of aromatic amines is 1. The van der Waals surface area contributed by atoms with E-state index in [9.17, 15) is 19.5 Å². The van der Waals surface area contributed by atoms with Crippen molar-refractivity contribution in [3.63, 3.8) is 0 Å². The third-order valence-electron chi connectivity index (χ3n) is 11.2. The van der Waals surface area contributed by atoms with Gasteiger partial charge in [-0.25, -0.2) is 14.6 Å². The number of pyridine rings is 2. The Morgan fingerprint density at radius 2 is 1.58 bits per heavy atom. The number of likely N-dealkylation sites (tertiary alicyclic amines) is 1. The van der Waals surface area contributed by atoms with Crippen LogP contribution in [0.2, 0.25) is 0 Å². The molecule has 1 aromatic carbocycles. The molecule has 2 atom stereocenters. The normalized spacial score (nSPS) is 18.3.